The van der Waals surface area contributed by atoms with E-state index in [0.717, 1.165) is 36.5 Å². The highest BCUT2D eigenvalue weighted by atomic mass is 15.1. The Kier molecular flexibility index (Phi) is 4.28. The number of nitrogen functional groups attached to an aromatic ring is 1. The van der Waals surface area contributed by atoms with Gasteiger partial charge in [0, 0.05) is 36.6 Å². The van der Waals surface area contributed by atoms with E-state index in [-0.39, 0.29) is 0 Å². The average molecular weight is 257 g/mol. The normalized spacial score (nSPS) is 10.4. The summed E-state index contributed by atoms with van der Waals surface area (Å²) in [7, 11) is 0. The number of hydrogen-bond donors (Lipinski definition) is 2. The second-order valence-corrected chi connectivity index (χ2v) is 4.40. The molecule has 2 rings (SSSR count). The molecule has 100 valence electrons. The summed E-state index contributed by atoms with van der Waals surface area (Å²) in [6.07, 6.45) is 5.34. The lowest BCUT2D eigenvalue weighted by Crippen LogP contribution is -2.11. The average Bonchev–Trinajstić information content (AvgIpc) is 2.41. The molecule has 0 amide bonds. The summed E-state index contributed by atoms with van der Waals surface area (Å²) >= 11 is 0. The predicted molar refractivity (Wildman–Crippen MR) is 77.0 cm³/mol. The van der Waals surface area contributed by atoms with Gasteiger partial charge in [0.15, 0.2) is 0 Å². The van der Waals surface area contributed by atoms with Gasteiger partial charge >= 0.3 is 0 Å². The molecule has 0 spiro atoms. The highest BCUT2D eigenvalue weighted by Gasteiger charge is 2.04. The number of aromatic nitrogens is 3. The molecular weight excluding hydrogens is 238 g/mol. The number of aryl methyl sites for hydroxylation is 2. The Morgan fingerprint density at radius 2 is 2.16 bits per heavy atom. The summed E-state index contributed by atoms with van der Waals surface area (Å²) in [5.74, 6) is 1.12. The predicted octanol–water partition coefficient (Wildman–Crippen LogP) is 1.98. The molecule has 0 aliphatic rings. The van der Waals surface area contributed by atoms with Crippen molar-refractivity contribution >= 4 is 11.8 Å². The first-order valence-corrected chi connectivity index (χ1v) is 6.46. The zero-order chi connectivity index (χ0) is 13.7. The molecule has 0 aliphatic carbocycles. The standard InChI is InChI=1S/C14H19N5/c1-3-11-9-18-14(15)19-13(11)17-8-6-12-10(2)5-4-7-16-12/h4-5,7,9H,3,6,8H2,1-2H3,(H3,15,17,18,19). The third kappa shape index (κ3) is 3.40. The SMILES string of the molecule is CCc1cnc(N)nc1NCCc1ncccc1C. The van der Waals surface area contributed by atoms with Crippen molar-refractivity contribution in [2.75, 3.05) is 17.6 Å². The largest absolute Gasteiger partial charge is 0.369 e. The fourth-order valence-electron chi connectivity index (χ4n) is 1.91. The van der Waals surface area contributed by atoms with Crippen molar-refractivity contribution in [3.63, 3.8) is 0 Å². The maximum absolute atomic E-state index is 5.61. The highest BCUT2D eigenvalue weighted by molar-refractivity contribution is 5.46. The Bertz CT molecular complexity index is 553. The van der Waals surface area contributed by atoms with Crippen molar-refractivity contribution in [1.29, 1.82) is 0 Å². The summed E-state index contributed by atoms with van der Waals surface area (Å²) in [6, 6.07) is 4.02. The molecule has 0 atom stereocenters. The first-order valence-electron chi connectivity index (χ1n) is 6.46. The van der Waals surface area contributed by atoms with Gasteiger partial charge in [-0.3, -0.25) is 4.98 Å². The van der Waals surface area contributed by atoms with Crippen molar-refractivity contribution in [3.05, 3.63) is 41.3 Å². The van der Waals surface area contributed by atoms with Crippen LogP contribution in [-0.4, -0.2) is 21.5 Å². The van der Waals surface area contributed by atoms with E-state index in [0.29, 0.717) is 5.95 Å². The van der Waals surface area contributed by atoms with E-state index in [2.05, 4.69) is 40.2 Å². The fourth-order valence-corrected chi connectivity index (χ4v) is 1.91. The summed E-state index contributed by atoms with van der Waals surface area (Å²) in [5, 5.41) is 3.31. The molecule has 2 aromatic heterocycles. The number of nitrogens with two attached hydrogens (primary N) is 1. The van der Waals surface area contributed by atoms with Crippen LogP contribution in [0.4, 0.5) is 11.8 Å². The van der Waals surface area contributed by atoms with Gasteiger partial charge in [-0.1, -0.05) is 13.0 Å². The van der Waals surface area contributed by atoms with E-state index < -0.39 is 0 Å². The molecule has 2 heterocycles. The van der Waals surface area contributed by atoms with Crippen molar-refractivity contribution in [1.82, 2.24) is 15.0 Å². The van der Waals surface area contributed by atoms with Crippen LogP contribution in [0.15, 0.2) is 24.5 Å². The number of nitrogens with zero attached hydrogens (tertiary/aromatic N) is 3. The van der Waals surface area contributed by atoms with Gasteiger partial charge in [-0.25, -0.2) is 4.98 Å². The van der Waals surface area contributed by atoms with Gasteiger partial charge < -0.3 is 11.1 Å². The maximum atomic E-state index is 5.61. The van der Waals surface area contributed by atoms with Crippen LogP contribution in [0, 0.1) is 6.92 Å². The van der Waals surface area contributed by atoms with Gasteiger partial charge in [0.25, 0.3) is 0 Å². The molecule has 0 fully saturated rings. The first-order chi connectivity index (χ1) is 9.20. The molecule has 0 aromatic carbocycles. The minimum atomic E-state index is 0.300. The Labute approximate surface area is 113 Å². The molecule has 0 unspecified atom stereocenters. The van der Waals surface area contributed by atoms with Crippen molar-refractivity contribution in [3.8, 4) is 0 Å². The number of nitrogens with one attached hydrogen (secondary N) is 1. The summed E-state index contributed by atoms with van der Waals surface area (Å²) in [5.41, 5.74) is 9.01. The minimum Gasteiger partial charge on any atom is -0.369 e. The van der Waals surface area contributed by atoms with Crippen molar-refractivity contribution in [2.45, 2.75) is 26.7 Å². The molecule has 0 aliphatic heterocycles. The molecule has 5 heteroatoms. The molecular formula is C14H19N5. The monoisotopic (exact) mass is 257 g/mol. The van der Waals surface area contributed by atoms with Crippen molar-refractivity contribution in [2.24, 2.45) is 0 Å². The van der Waals surface area contributed by atoms with Gasteiger partial charge in [-0.15, -0.1) is 0 Å². The van der Waals surface area contributed by atoms with Crippen LogP contribution in [0.3, 0.4) is 0 Å². The minimum absolute atomic E-state index is 0.300. The van der Waals surface area contributed by atoms with Crippen LogP contribution in [-0.2, 0) is 12.8 Å². The Morgan fingerprint density at radius 3 is 2.89 bits per heavy atom. The number of hydrogen-bond acceptors (Lipinski definition) is 5. The van der Waals surface area contributed by atoms with Gasteiger partial charge in [0.05, 0.1) is 0 Å². The number of pyridine rings is 1. The van der Waals surface area contributed by atoms with Gasteiger partial charge in [-0.2, -0.15) is 4.98 Å². The molecule has 0 radical (unpaired) electrons. The number of anilines is 2. The molecule has 0 saturated heterocycles. The molecule has 5 nitrogen and oxygen atoms in total. The smallest absolute Gasteiger partial charge is 0.221 e. The van der Waals surface area contributed by atoms with Crippen LogP contribution >= 0.6 is 0 Å². The molecule has 2 aromatic rings. The second kappa shape index (κ2) is 6.13. The zero-order valence-corrected chi connectivity index (χ0v) is 11.3. The third-order valence-electron chi connectivity index (χ3n) is 3.04. The van der Waals surface area contributed by atoms with Crippen LogP contribution in [0.2, 0.25) is 0 Å². The Hall–Kier alpha value is -2.17. The Morgan fingerprint density at radius 1 is 1.32 bits per heavy atom. The first kappa shape index (κ1) is 13.3. The molecule has 0 saturated carbocycles. The fraction of sp³-hybridized carbons (Fsp3) is 0.357. The van der Waals surface area contributed by atoms with Crippen molar-refractivity contribution < 1.29 is 0 Å². The van der Waals surface area contributed by atoms with Crippen LogP contribution in [0.5, 0.6) is 0 Å². The quantitative estimate of drug-likeness (QED) is 0.856. The summed E-state index contributed by atoms with van der Waals surface area (Å²) in [4.78, 5) is 12.6. The van der Waals surface area contributed by atoms with Gasteiger partial charge in [0.1, 0.15) is 5.82 Å². The zero-order valence-electron chi connectivity index (χ0n) is 11.3. The lowest BCUT2D eigenvalue weighted by Gasteiger charge is -2.10. The summed E-state index contributed by atoms with van der Waals surface area (Å²) in [6.45, 7) is 4.92. The third-order valence-corrected chi connectivity index (χ3v) is 3.04. The van der Waals surface area contributed by atoms with E-state index in [9.17, 15) is 0 Å². The molecule has 0 bridgehead atoms. The maximum Gasteiger partial charge on any atom is 0.221 e. The lowest BCUT2D eigenvalue weighted by atomic mass is 10.1. The van der Waals surface area contributed by atoms with E-state index in [1.165, 1.54) is 5.56 Å². The highest BCUT2D eigenvalue weighted by Crippen LogP contribution is 2.13. The van der Waals surface area contributed by atoms with E-state index >= 15 is 0 Å². The molecule has 3 N–H and O–H groups in total. The second-order valence-electron chi connectivity index (χ2n) is 4.40. The van der Waals surface area contributed by atoms with Gasteiger partial charge in [0.2, 0.25) is 5.95 Å². The van der Waals surface area contributed by atoms with Crippen LogP contribution in [0.1, 0.15) is 23.7 Å². The van der Waals surface area contributed by atoms with Crippen LogP contribution < -0.4 is 11.1 Å². The van der Waals surface area contributed by atoms with E-state index in [4.69, 9.17) is 5.73 Å². The van der Waals surface area contributed by atoms with Gasteiger partial charge in [-0.05, 0) is 25.0 Å². The number of rotatable bonds is 5. The van der Waals surface area contributed by atoms with Crippen LogP contribution in [0.25, 0.3) is 0 Å². The Balaban J connectivity index is 2.00. The topological polar surface area (TPSA) is 76.7 Å². The van der Waals surface area contributed by atoms with E-state index in [1.54, 1.807) is 6.20 Å². The summed E-state index contributed by atoms with van der Waals surface area (Å²) < 4.78 is 0. The molecule has 19 heavy (non-hydrogen) atoms. The lowest BCUT2D eigenvalue weighted by molar-refractivity contribution is 0.928. The van der Waals surface area contributed by atoms with E-state index in [1.807, 2.05) is 12.3 Å².